The molecule has 4 heteroatoms. The Hall–Kier alpha value is -1.55. The first-order valence-corrected chi connectivity index (χ1v) is 6.72. The van der Waals surface area contributed by atoms with Crippen molar-refractivity contribution in [2.24, 2.45) is 0 Å². The van der Waals surface area contributed by atoms with E-state index in [9.17, 15) is 4.79 Å². The number of nitrogens with zero attached hydrogens (tertiary/aromatic N) is 1. The first kappa shape index (κ1) is 13.9. The molecule has 0 atom stereocenters. The molecule has 1 aromatic carbocycles. The molecule has 0 saturated heterocycles. The molecule has 1 aromatic rings. The Morgan fingerprint density at radius 2 is 1.74 bits per heavy atom. The second-order valence-electron chi connectivity index (χ2n) is 5.34. The standard InChI is InChI=1S/C15H21NO3/c1-16(2)12-5-9-14(10-6-12)19-13-7-3-11(4-8-13)15(17)18/h3-4,7-8,12,14H,5-6,9-10H2,1-2H3,(H,17,18)/t12-,14+. The molecular weight excluding hydrogens is 242 g/mol. The van der Waals surface area contributed by atoms with Crippen molar-refractivity contribution < 1.29 is 14.6 Å². The molecule has 1 saturated carbocycles. The van der Waals surface area contributed by atoms with Crippen LogP contribution < -0.4 is 4.74 Å². The van der Waals surface area contributed by atoms with E-state index in [4.69, 9.17) is 9.84 Å². The summed E-state index contributed by atoms with van der Waals surface area (Å²) < 4.78 is 5.91. The van der Waals surface area contributed by atoms with E-state index in [-0.39, 0.29) is 6.10 Å². The second kappa shape index (κ2) is 6.06. The van der Waals surface area contributed by atoms with Crippen LogP contribution in [0.25, 0.3) is 0 Å². The third kappa shape index (κ3) is 3.70. The third-order valence-corrected chi connectivity index (χ3v) is 3.78. The van der Waals surface area contributed by atoms with E-state index in [1.54, 1.807) is 24.3 Å². The number of hydrogen-bond acceptors (Lipinski definition) is 3. The predicted octanol–water partition coefficient (Wildman–Crippen LogP) is 2.64. The fraction of sp³-hybridized carbons (Fsp3) is 0.533. The van der Waals surface area contributed by atoms with Gasteiger partial charge in [0.05, 0.1) is 11.7 Å². The molecule has 104 valence electrons. The molecule has 0 aromatic heterocycles. The van der Waals surface area contributed by atoms with E-state index in [2.05, 4.69) is 19.0 Å². The largest absolute Gasteiger partial charge is 0.490 e. The minimum atomic E-state index is -0.905. The zero-order valence-corrected chi connectivity index (χ0v) is 11.5. The highest BCUT2D eigenvalue weighted by molar-refractivity contribution is 5.87. The maximum absolute atomic E-state index is 10.8. The summed E-state index contributed by atoms with van der Waals surface area (Å²) in [5.74, 6) is -0.142. The summed E-state index contributed by atoms with van der Waals surface area (Å²) in [6.45, 7) is 0. The lowest BCUT2D eigenvalue weighted by atomic mass is 9.92. The van der Waals surface area contributed by atoms with E-state index in [1.807, 2.05) is 0 Å². The molecule has 0 radical (unpaired) electrons. The normalized spacial score (nSPS) is 23.3. The molecule has 1 N–H and O–H groups in total. The average molecular weight is 263 g/mol. The summed E-state index contributed by atoms with van der Waals surface area (Å²) in [5.41, 5.74) is 0.295. The molecule has 0 heterocycles. The highest BCUT2D eigenvalue weighted by Crippen LogP contribution is 2.25. The van der Waals surface area contributed by atoms with Crippen LogP contribution in [-0.2, 0) is 0 Å². The van der Waals surface area contributed by atoms with Gasteiger partial charge in [-0.05, 0) is 64.0 Å². The lowest BCUT2D eigenvalue weighted by molar-refractivity contribution is 0.0696. The van der Waals surface area contributed by atoms with Crippen LogP contribution in [0.3, 0.4) is 0 Å². The summed E-state index contributed by atoms with van der Waals surface area (Å²) in [4.78, 5) is 13.0. The van der Waals surface area contributed by atoms with Crippen molar-refractivity contribution in [3.05, 3.63) is 29.8 Å². The number of ether oxygens (including phenoxy) is 1. The quantitative estimate of drug-likeness (QED) is 0.907. The number of hydrogen-bond donors (Lipinski definition) is 1. The summed E-state index contributed by atoms with van der Waals surface area (Å²) in [6.07, 6.45) is 4.69. The zero-order valence-electron chi connectivity index (χ0n) is 11.5. The van der Waals surface area contributed by atoms with Gasteiger partial charge < -0.3 is 14.7 Å². The number of carboxylic acid groups (broad SMARTS) is 1. The van der Waals surface area contributed by atoms with Gasteiger partial charge in [0.15, 0.2) is 0 Å². The second-order valence-corrected chi connectivity index (χ2v) is 5.34. The minimum Gasteiger partial charge on any atom is -0.490 e. The van der Waals surface area contributed by atoms with E-state index in [0.29, 0.717) is 11.6 Å². The Balaban J connectivity index is 1.87. The molecule has 1 aliphatic rings. The number of carbonyl (C=O) groups is 1. The summed E-state index contributed by atoms with van der Waals surface area (Å²) in [5, 5.41) is 8.83. The van der Waals surface area contributed by atoms with Crippen LogP contribution >= 0.6 is 0 Å². The van der Waals surface area contributed by atoms with Crippen LogP contribution in [-0.4, -0.2) is 42.2 Å². The van der Waals surface area contributed by atoms with Gasteiger partial charge in [0.2, 0.25) is 0 Å². The number of benzene rings is 1. The van der Waals surface area contributed by atoms with Gasteiger partial charge in [0.1, 0.15) is 5.75 Å². The Labute approximate surface area is 114 Å². The fourth-order valence-electron chi connectivity index (χ4n) is 2.55. The Morgan fingerprint density at radius 1 is 1.16 bits per heavy atom. The van der Waals surface area contributed by atoms with Gasteiger partial charge in [-0.15, -0.1) is 0 Å². The van der Waals surface area contributed by atoms with Gasteiger partial charge in [0.25, 0.3) is 0 Å². The zero-order chi connectivity index (χ0) is 13.8. The Bertz CT molecular complexity index is 420. The maximum Gasteiger partial charge on any atom is 0.335 e. The van der Waals surface area contributed by atoms with Crippen LogP contribution in [0.5, 0.6) is 5.75 Å². The third-order valence-electron chi connectivity index (χ3n) is 3.78. The first-order valence-electron chi connectivity index (χ1n) is 6.72. The summed E-state index contributed by atoms with van der Waals surface area (Å²) in [7, 11) is 4.24. The van der Waals surface area contributed by atoms with E-state index >= 15 is 0 Å². The van der Waals surface area contributed by atoms with Crippen LogP contribution in [0, 0.1) is 0 Å². The molecule has 19 heavy (non-hydrogen) atoms. The van der Waals surface area contributed by atoms with Gasteiger partial charge in [-0.1, -0.05) is 0 Å². The van der Waals surface area contributed by atoms with Crippen molar-refractivity contribution in [1.29, 1.82) is 0 Å². The van der Waals surface area contributed by atoms with E-state index < -0.39 is 5.97 Å². The maximum atomic E-state index is 10.8. The summed E-state index contributed by atoms with van der Waals surface area (Å²) >= 11 is 0. The van der Waals surface area contributed by atoms with Gasteiger partial charge in [0, 0.05) is 6.04 Å². The van der Waals surface area contributed by atoms with E-state index in [1.165, 1.54) is 0 Å². The van der Waals surface area contributed by atoms with Crippen molar-refractivity contribution in [1.82, 2.24) is 4.90 Å². The Morgan fingerprint density at radius 3 is 2.21 bits per heavy atom. The van der Waals surface area contributed by atoms with Crippen molar-refractivity contribution in [2.45, 2.75) is 37.8 Å². The van der Waals surface area contributed by atoms with Crippen LogP contribution in [0.1, 0.15) is 36.0 Å². The van der Waals surface area contributed by atoms with Crippen LogP contribution in [0.2, 0.25) is 0 Å². The smallest absolute Gasteiger partial charge is 0.335 e. The topological polar surface area (TPSA) is 49.8 Å². The van der Waals surface area contributed by atoms with Crippen LogP contribution in [0.15, 0.2) is 24.3 Å². The highest BCUT2D eigenvalue weighted by Gasteiger charge is 2.23. The van der Waals surface area contributed by atoms with Crippen molar-refractivity contribution in [3.63, 3.8) is 0 Å². The van der Waals surface area contributed by atoms with Gasteiger partial charge >= 0.3 is 5.97 Å². The number of rotatable bonds is 4. The SMILES string of the molecule is CN(C)[C@H]1CC[C@@H](Oc2ccc(C(=O)O)cc2)CC1. The molecule has 0 unspecified atom stereocenters. The number of carboxylic acids is 1. The Kier molecular flexibility index (Phi) is 4.43. The molecule has 0 amide bonds. The first-order chi connectivity index (χ1) is 9.06. The lowest BCUT2D eigenvalue weighted by Gasteiger charge is -2.32. The van der Waals surface area contributed by atoms with Crippen LogP contribution in [0.4, 0.5) is 0 Å². The van der Waals surface area contributed by atoms with Crippen molar-refractivity contribution >= 4 is 5.97 Å². The predicted molar refractivity (Wildman–Crippen MR) is 73.8 cm³/mol. The molecule has 1 aliphatic carbocycles. The molecule has 4 nitrogen and oxygen atoms in total. The minimum absolute atomic E-state index is 0.256. The highest BCUT2D eigenvalue weighted by atomic mass is 16.5. The van der Waals surface area contributed by atoms with Gasteiger partial charge in [-0.3, -0.25) is 0 Å². The van der Waals surface area contributed by atoms with Gasteiger partial charge in [-0.2, -0.15) is 0 Å². The van der Waals surface area contributed by atoms with E-state index in [0.717, 1.165) is 31.4 Å². The van der Waals surface area contributed by atoms with Crippen molar-refractivity contribution in [2.75, 3.05) is 14.1 Å². The molecule has 0 bridgehead atoms. The van der Waals surface area contributed by atoms with Crippen molar-refractivity contribution in [3.8, 4) is 5.75 Å². The molecule has 1 fully saturated rings. The summed E-state index contributed by atoms with van der Waals surface area (Å²) in [6, 6.07) is 7.31. The number of aromatic carboxylic acids is 1. The average Bonchev–Trinajstić information content (AvgIpc) is 2.40. The lowest BCUT2D eigenvalue weighted by Crippen LogP contribution is -2.35. The monoisotopic (exact) mass is 263 g/mol. The molecule has 2 rings (SSSR count). The molecular formula is C15H21NO3. The van der Waals surface area contributed by atoms with Gasteiger partial charge in [-0.25, -0.2) is 4.79 Å². The molecule has 0 aliphatic heterocycles. The fourth-order valence-corrected chi connectivity index (χ4v) is 2.55. The molecule has 0 spiro atoms.